The highest BCUT2D eigenvalue weighted by Crippen LogP contribution is 2.40. The summed E-state index contributed by atoms with van der Waals surface area (Å²) in [6.07, 6.45) is -5.02. The number of carbonyl (C=O) groups is 2. The van der Waals surface area contributed by atoms with E-state index < -0.39 is 39.8 Å². The zero-order valence-electron chi connectivity index (χ0n) is 15.4. The minimum Gasteiger partial charge on any atom is -0.305 e. The van der Waals surface area contributed by atoms with Crippen molar-refractivity contribution in [3.05, 3.63) is 69.8 Å². The van der Waals surface area contributed by atoms with Gasteiger partial charge < -0.3 is 4.90 Å². The Morgan fingerprint density at radius 1 is 1.07 bits per heavy atom. The third-order valence-corrected chi connectivity index (χ3v) is 4.75. The number of halogens is 3. The van der Waals surface area contributed by atoms with Crippen molar-refractivity contribution in [1.29, 1.82) is 0 Å². The summed E-state index contributed by atoms with van der Waals surface area (Å²) < 4.78 is 39.8. The Kier molecular flexibility index (Phi) is 4.81. The lowest BCUT2D eigenvalue weighted by atomic mass is 10.0. The second-order valence-corrected chi connectivity index (χ2v) is 7.01. The van der Waals surface area contributed by atoms with Crippen LogP contribution in [0.2, 0.25) is 0 Å². The van der Waals surface area contributed by atoms with Crippen LogP contribution in [0.15, 0.2) is 48.5 Å². The summed E-state index contributed by atoms with van der Waals surface area (Å²) in [5.41, 5.74) is -3.63. The number of carbonyl (C=O) groups excluding carboxylic acids is 2. The first-order chi connectivity index (χ1) is 13.4. The maximum absolute atomic E-state index is 13.3. The number of amides is 3. The molecular weight excluding hydrogens is 391 g/mol. The third-order valence-electron chi connectivity index (χ3n) is 4.75. The van der Waals surface area contributed by atoms with Crippen molar-refractivity contribution in [3.8, 4) is 0 Å². The van der Waals surface area contributed by atoms with Crippen LogP contribution in [0.4, 0.5) is 29.3 Å². The first-order valence-electron chi connectivity index (χ1n) is 8.50. The number of nitrogens with zero attached hydrogens (tertiary/aromatic N) is 3. The Bertz CT molecular complexity index is 990. The number of nitro groups is 1. The van der Waals surface area contributed by atoms with E-state index in [-0.39, 0.29) is 12.2 Å². The van der Waals surface area contributed by atoms with Gasteiger partial charge in [0, 0.05) is 12.6 Å². The lowest BCUT2D eigenvalue weighted by Gasteiger charge is -2.27. The molecule has 0 spiro atoms. The second kappa shape index (κ2) is 6.87. The van der Waals surface area contributed by atoms with Crippen molar-refractivity contribution in [2.75, 3.05) is 4.90 Å². The van der Waals surface area contributed by atoms with Crippen LogP contribution >= 0.6 is 0 Å². The van der Waals surface area contributed by atoms with Gasteiger partial charge in [-0.3, -0.25) is 14.9 Å². The van der Waals surface area contributed by atoms with Crippen LogP contribution in [0.25, 0.3) is 0 Å². The van der Waals surface area contributed by atoms with Crippen molar-refractivity contribution < 1.29 is 27.7 Å². The SMILES string of the molecule is CC1(C)C(=O)N(c2ccc([N+](=O)[O-])c(C(F)(F)F)c2)C(=O)N1Cc1ccccc1. The molecule has 10 heteroatoms. The quantitative estimate of drug-likeness (QED) is 0.428. The fourth-order valence-electron chi connectivity index (χ4n) is 3.14. The van der Waals surface area contributed by atoms with Gasteiger partial charge in [0.2, 0.25) is 0 Å². The molecule has 1 saturated heterocycles. The summed E-state index contributed by atoms with van der Waals surface area (Å²) >= 11 is 0. The molecule has 152 valence electrons. The van der Waals surface area contributed by atoms with Crippen LogP contribution < -0.4 is 4.90 Å². The van der Waals surface area contributed by atoms with Gasteiger partial charge in [0.1, 0.15) is 11.1 Å². The predicted octanol–water partition coefficient (Wildman–Crippen LogP) is 4.36. The van der Waals surface area contributed by atoms with E-state index in [9.17, 15) is 32.9 Å². The molecule has 0 saturated carbocycles. The molecule has 2 aromatic rings. The van der Waals surface area contributed by atoms with Crippen molar-refractivity contribution >= 4 is 23.3 Å². The Morgan fingerprint density at radius 3 is 2.24 bits per heavy atom. The average Bonchev–Trinajstić information content (AvgIpc) is 2.81. The summed E-state index contributed by atoms with van der Waals surface area (Å²) in [5, 5.41) is 10.9. The predicted molar refractivity (Wildman–Crippen MR) is 97.0 cm³/mol. The van der Waals surface area contributed by atoms with Gasteiger partial charge >= 0.3 is 12.2 Å². The number of nitro benzene ring substituents is 1. The van der Waals surface area contributed by atoms with E-state index in [2.05, 4.69) is 0 Å². The highest BCUT2D eigenvalue weighted by molar-refractivity contribution is 6.23. The zero-order chi connectivity index (χ0) is 21.6. The number of hydrogen-bond donors (Lipinski definition) is 0. The first-order valence-corrected chi connectivity index (χ1v) is 8.50. The van der Waals surface area contributed by atoms with Gasteiger partial charge in [-0.15, -0.1) is 0 Å². The van der Waals surface area contributed by atoms with Crippen LogP contribution in [-0.2, 0) is 17.5 Å². The molecule has 0 bridgehead atoms. The molecule has 0 N–H and O–H groups in total. The lowest BCUT2D eigenvalue weighted by molar-refractivity contribution is -0.388. The third kappa shape index (κ3) is 3.53. The molecule has 29 heavy (non-hydrogen) atoms. The number of benzene rings is 2. The van der Waals surface area contributed by atoms with Crippen molar-refractivity contribution in [2.45, 2.75) is 32.1 Å². The highest BCUT2D eigenvalue weighted by Gasteiger charge is 2.52. The molecule has 1 heterocycles. The van der Waals surface area contributed by atoms with E-state index in [1.165, 1.54) is 18.7 Å². The fraction of sp³-hybridized carbons (Fsp3) is 0.263. The molecule has 0 atom stereocenters. The first kappa shape index (κ1) is 20.3. The molecular formula is C19H16F3N3O4. The summed E-state index contributed by atoms with van der Waals surface area (Å²) in [6, 6.07) is 10.1. The van der Waals surface area contributed by atoms with E-state index in [1.807, 2.05) is 0 Å². The number of hydrogen-bond acceptors (Lipinski definition) is 4. The van der Waals surface area contributed by atoms with Gasteiger partial charge in [0.15, 0.2) is 0 Å². The Balaban J connectivity index is 2.04. The van der Waals surface area contributed by atoms with Crippen LogP contribution in [0.1, 0.15) is 25.0 Å². The zero-order valence-corrected chi connectivity index (χ0v) is 15.4. The van der Waals surface area contributed by atoms with Gasteiger partial charge in [-0.2, -0.15) is 13.2 Å². The van der Waals surface area contributed by atoms with Crippen LogP contribution in [0.5, 0.6) is 0 Å². The largest absolute Gasteiger partial charge is 0.423 e. The minimum atomic E-state index is -5.02. The maximum atomic E-state index is 13.3. The van der Waals surface area contributed by atoms with E-state index in [4.69, 9.17) is 0 Å². The molecule has 0 unspecified atom stereocenters. The molecule has 0 aromatic heterocycles. The number of rotatable bonds is 4. The summed E-state index contributed by atoms with van der Waals surface area (Å²) in [4.78, 5) is 37.5. The molecule has 1 aliphatic heterocycles. The van der Waals surface area contributed by atoms with Crippen LogP contribution in [-0.4, -0.2) is 27.3 Å². The average molecular weight is 407 g/mol. The topological polar surface area (TPSA) is 83.8 Å². The van der Waals surface area contributed by atoms with Gasteiger partial charge in [0.05, 0.1) is 10.6 Å². The summed E-state index contributed by atoms with van der Waals surface area (Å²) in [6.45, 7) is 3.06. The lowest BCUT2D eigenvalue weighted by Crippen LogP contribution is -2.43. The number of imide groups is 1. The molecule has 0 aliphatic carbocycles. The molecule has 2 aromatic carbocycles. The molecule has 3 rings (SSSR count). The van der Waals surface area contributed by atoms with Crippen molar-refractivity contribution in [2.24, 2.45) is 0 Å². The second-order valence-electron chi connectivity index (χ2n) is 7.01. The Morgan fingerprint density at radius 2 is 1.69 bits per heavy atom. The van der Waals surface area contributed by atoms with Crippen LogP contribution in [0, 0.1) is 10.1 Å². The molecule has 1 aliphatic rings. The summed E-state index contributed by atoms with van der Waals surface area (Å²) in [5.74, 6) is -0.722. The number of alkyl halides is 3. The van der Waals surface area contributed by atoms with Gasteiger partial charge in [-0.25, -0.2) is 9.69 Å². The smallest absolute Gasteiger partial charge is 0.305 e. The molecule has 1 fully saturated rings. The monoisotopic (exact) mass is 407 g/mol. The standard InChI is InChI=1S/C19H16F3N3O4/c1-18(2)16(26)24(17(27)23(18)11-12-6-4-3-5-7-12)13-8-9-15(25(28)29)14(10-13)19(20,21)22/h3-10H,11H2,1-2H3. The Hall–Kier alpha value is -3.43. The highest BCUT2D eigenvalue weighted by atomic mass is 19.4. The van der Waals surface area contributed by atoms with E-state index in [0.717, 1.165) is 11.6 Å². The van der Waals surface area contributed by atoms with Crippen molar-refractivity contribution in [1.82, 2.24) is 4.90 Å². The van der Waals surface area contributed by atoms with E-state index in [1.54, 1.807) is 30.3 Å². The van der Waals surface area contributed by atoms with E-state index >= 15 is 0 Å². The fourth-order valence-corrected chi connectivity index (χ4v) is 3.14. The number of anilines is 1. The van der Waals surface area contributed by atoms with Gasteiger partial charge in [-0.05, 0) is 31.5 Å². The van der Waals surface area contributed by atoms with Gasteiger partial charge in [0.25, 0.3) is 11.6 Å². The van der Waals surface area contributed by atoms with Gasteiger partial charge in [-0.1, -0.05) is 30.3 Å². The molecule has 3 amide bonds. The minimum absolute atomic E-state index is 0.0774. The summed E-state index contributed by atoms with van der Waals surface area (Å²) in [7, 11) is 0. The number of urea groups is 1. The molecule has 0 radical (unpaired) electrons. The Labute approximate surface area is 163 Å². The van der Waals surface area contributed by atoms with Crippen molar-refractivity contribution in [3.63, 3.8) is 0 Å². The van der Waals surface area contributed by atoms with Crippen LogP contribution in [0.3, 0.4) is 0 Å². The maximum Gasteiger partial charge on any atom is 0.423 e. The van der Waals surface area contributed by atoms with E-state index in [0.29, 0.717) is 17.0 Å². The normalized spacial score (nSPS) is 16.4. The molecule has 7 nitrogen and oxygen atoms in total.